The average Bonchev–Trinajstić information content (AvgIpc) is 2.97. The van der Waals surface area contributed by atoms with Crippen LogP contribution in [0, 0.1) is 13.8 Å². The molecule has 0 spiro atoms. The van der Waals surface area contributed by atoms with Crippen LogP contribution in [0.2, 0.25) is 0 Å². The van der Waals surface area contributed by atoms with E-state index in [1.54, 1.807) is 10.9 Å². The van der Waals surface area contributed by atoms with Gasteiger partial charge in [-0.25, -0.2) is 4.68 Å². The summed E-state index contributed by atoms with van der Waals surface area (Å²) < 4.78 is 1.80. The summed E-state index contributed by atoms with van der Waals surface area (Å²) in [7, 11) is 0. The zero-order chi connectivity index (χ0) is 14.8. The molecule has 0 aliphatic rings. The highest BCUT2D eigenvalue weighted by Gasteiger charge is 2.17. The molecule has 3 rings (SSSR count). The molecule has 0 saturated heterocycles. The van der Waals surface area contributed by atoms with Gasteiger partial charge in [0.15, 0.2) is 0 Å². The van der Waals surface area contributed by atoms with E-state index in [0.29, 0.717) is 0 Å². The molecule has 3 aromatic rings. The van der Waals surface area contributed by atoms with Gasteiger partial charge in [-0.2, -0.15) is 0 Å². The van der Waals surface area contributed by atoms with Gasteiger partial charge in [-0.3, -0.25) is 0 Å². The minimum Gasteiger partial charge on any atom is -0.319 e. The van der Waals surface area contributed by atoms with Crippen molar-refractivity contribution in [3.05, 3.63) is 77.1 Å². The second kappa shape index (κ2) is 5.50. The molecular weight excluding hydrogens is 260 g/mol. The predicted octanol–water partition coefficient (Wildman–Crippen LogP) is 2.93. The van der Waals surface area contributed by atoms with Gasteiger partial charge >= 0.3 is 0 Å². The first-order valence-electron chi connectivity index (χ1n) is 6.95. The summed E-state index contributed by atoms with van der Waals surface area (Å²) in [5.74, 6) is 0. The number of hydrogen-bond acceptors (Lipinski definition) is 3. The second-order valence-corrected chi connectivity index (χ2v) is 5.24. The number of hydrogen-bond donors (Lipinski definition) is 1. The Kier molecular flexibility index (Phi) is 3.54. The molecule has 2 aromatic carbocycles. The maximum atomic E-state index is 6.45. The molecule has 1 heterocycles. The molecule has 4 heteroatoms. The maximum absolute atomic E-state index is 6.45. The topological polar surface area (TPSA) is 56.7 Å². The summed E-state index contributed by atoms with van der Waals surface area (Å²) in [6, 6.07) is 16.0. The summed E-state index contributed by atoms with van der Waals surface area (Å²) in [6.45, 7) is 4.16. The number of para-hydroxylation sites is 1. The van der Waals surface area contributed by atoms with Gasteiger partial charge < -0.3 is 5.73 Å². The summed E-state index contributed by atoms with van der Waals surface area (Å²) in [5.41, 5.74) is 11.8. The molecule has 0 saturated carbocycles. The maximum Gasteiger partial charge on any atom is 0.0858 e. The van der Waals surface area contributed by atoms with Crippen molar-refractivity contribution in [2.24, 2.45) is 5.73 Å². The molecule has 1 atom stereocenters. The molecule has 2 N–H and O–H groups in total. The summed E-state index contributed by atoms with van der Waals surface area (Å²) in [5, 5.41) is 8.19. The van der Waals surface area contributed by atoms with Gasteiger partial charge in [0.2, 0.25) is 0 Å². The molecule has 106 valence electrons. The van der Waals surface area contributed by atoms with Crippen LogP contribution in [0.5, 0.6) is 0 Å². The molecule has 0 bridgehead atoms. The number of nitrogens with zero attached hydrogens (tertiary/aromatic N) is 3. The number of benzene rings is 2. The lowest BCUT2D eigenvalue weighted by molar-refractivity contribution is 0.717. The van der Waals surface area contributed by atoms with E-state index < -0.39 is 0 Å². The molecule has 1 aromatic heterocycles. The summed E-state index contributed by atoms with van der Waals surface area (Å²) in [6.07, 6.45) is 1.73. The lowest BCUT2D eigenvalue weighted by atomic mass is 9.98. The van der Waals surface area contributed by atoms with Crippen LogP contribution in [0.1, 0.15) is 28.4 Å². The van der Waals surface area contributed by atoms with E-state index >= 15 is 0 Å². The lowest BCUT2D eigenvalue weighted by Crippen LogP contribution is -2.17. The van der Waals surface area contributed by atoms with Gasteiger partial charge in [0.1, 0.15) is 0 Å². The molecule has 0 amide bonds. The smallest absolute Gasteiger partial charge is 0.0858 e. The fourth-order valence-electron chi connectivity index (χ4n) is 2.56. The van der Waals surface area contributed by atoms with Crippen molar-refractivity contribution in [1.82, 2.24) is 15.0 Å². The minimum absolute atomic E-state index is 0.249. The Morgan fingerprint density at radius 2 is 1.81 bits per heavy atom. The molecule has 0 fully saturated rings. The van der Waals surface area contributed by atoms with Crippen molar-refractivity contribution in [1.29, 1.82) is 0 Å². The van der Waals surface area contributed by atoms with Crippen molar-refractivity contribution in [2.75, 3.05) is 0 Å². The quantitative estimate of drug-likeness (QED) is 0.801. The van der Waals surface area contributed by atoms with Crippen molar-refractivity contribution in [3.63, 3.8) is 0 Å². The molecule has 0 radical (unpaired) electrons. The van der Waals surface area contributed by atoms with Gasteiger partial charge in [-0.1, -0.05) is 47.2 Å². The van der Waals surface area contributed by atoms with E-state index in [1.807, 2.05) is 30.3 Å². The van der Waals surface area contributed by atoms with Crippen molar-refractivity contribution in [3.8, 4) is 5.69 Å². The highest BCUT2D eigenvalue weighted by molar-refractivity contribution is 5.39. The zero-order valence-corrected chi connectivity index (χ0v) is 12.2. The third-order valence-electron chi connectivity index (χ3n) is 3.66. The molecule has 0 aliphatic heterocycles. The first kappa shape index (κ1) is 13.5. The predicted molar refractivity (Wildman–Crippen MR) is 83.3 cm³/mol. The summed E-state index contributed by atoms with van der Waals surface area (Å²) >= 11 is 0. The normalized spacial score (nSPS) is 12.3. The van der Waals surface area contributed by atoms with Gasteiger partial charge in [0.05, 0.1) is 23.6 Å². The Morgan fingerprint density at radius 3 is 2.52 bits per heavy atom. The monoisotopic (exact) mass is 278 g/mol. The van der Waals surface area contributed by atoms with E-state index in [9.17, 15) is 0 Å². The van der Waals surface area contributed by atoms with Gasteiger partial charge in [0, 0.05) is 0 Å². The number of aromatic nitrogens is 3. The van der Waals surface area contributed by atoms with E-state index in [2.05, 4.69) is 42.4 Å². The second-order valence-electron chi connectivity index (χ2n) is 5.24. The summed E-state index contributed by atoms with van der Waals surface area (Å²) in [4.78, 5) is 0. The molecule has 0 aliphatic carbocycles. The Balaban J connectivity index is 2.03. The van der Waals surface area contributed by atoms with Crippen LogP contribution < -0.4 is 5.73 Å². The van der Waals surface area contributed by atoms with Gasteiger partial charge in [-0.15, -0.1) is 5.10 Å². The Morgan fingerprint density at radius 1 is 1.05 bits per heavy atom. The third kappa shape index (κ3) is 2.58. The fourth-order valence-corrected chi connectivity index (χ4v) is 2.56. The van der Waals surface area contributed by atoms with Crippen LogP contribution in [0.15, 0.2) is 54.7 Å². The fraction of sp³-hybridized carbons (Fsp3) is 0.176. The molecule has 1 unspecified atom stereocenters. The Bertz CT molecular complexity index is 746. The highest BCUT2D eigenvalue weighted by Crippen LogP contribution is 2.24. The van der Waals surface area contributed by atoms with Crippen LogP contribution in [0.4, 0.5) is 0 Å². The van der Waals surface area contributed by atoms with Crippen molar-refractivity contribution in [2.45, 2.75) is 19.9 Å². The number of rotatable bonds is 3. The largest absolute Gasteiger partial charge is 0.319 e. The van der Waals surface area contributed by atoms with E-state index in [1.165, 1.54) is 11.1 Å². The standard InChI is InChI=1S/C17H18N4/c1-12-8-9-15(13(2)10-12)17(18)16-11-19-20-21(16)14-6-4-3-5-7-14/h3-11,17H,18H2,1-2H3. The average molecular weight is 278 g/mol. The van der Waals surface area contributed by atoms with Crippen LogP contribution in [0.25, 0.3) is 5.69 Å². The molecular formula is C17H18N4. The minimum atomic E-state index is -0.249. The molecule has 21 heavy (non-hydrogen) atoms. The Hall–Kier alpha value is -2.46. The highest BCUT2D eigenvalue weighted by atomic mass is 15.4. The first-order valence-corrected chi connectivity index (χ1v) is 6.95. The van der Waals surface area contributed by atoms with Gasteiger partial charge in [-0.05, 0) is 37.1 Å². The van der Waals surface area contributed by atoms with Crippen molar-refractivity contribution < 1.29 is 0 Å². The number of aryl methyl sites for hydroxylation is 2. The van der Waals surface area contributed by atoms with E-state index in [0.717, 1.165) is 16.9 Å². The van der Waals surface area contributed by atoms with Crippen LogP contribution in [0.3, 0.4) is 0 Å². The van der Waals surface area contributed by atoms with Crippen molar-refractivity contribution >= 4 is 0 Å². The number of nitrogens with two attached hydrogens (primary N) is 1. The van der Waals surface area contributed by atoms with Crippen LogP contribution >= 0.6 is 0 Å². The Labute approximate surface area is 124 Å². The van der Waals surface area contributed by atoms with E-state index in [4.69, 9.17) is 5.73 Å². The third-order valence-corrected chi connectivity index (χ3v) is 3.66. The lowest BCUT2D eigenvalue weighted by Gasteiger charge is -2.16. The zero-order valence-electron chi connectivity index (χ0n) is 12.2. The van der Waals surface area contributed by atoms with Gasteiger partial charge in [0.25, 0.3) is 0 Å². The van der Waals surface area contributed by atoms with Crippen LogP contribution in [-0.2, 0) is 0 Å². The SMILES string of the molecule is Cc1ccc(C(N)c2cnnn2-c2ccccc2)c(C)c1. The van der Waals surface area contributed by atoms with Crippen LogP contribution in [-0.4, -0.2) is 15.0 Å². The first-order chi connectivity index (χ1) is 10.2. The van der Waals surface area contributed by atoms with E-state index in [-0.39, 0.29) is 6.04 Å². The molecule has 4 nitrogen and oxygen atoms in total.